The summed E-state index contributed by atoms with van der Waals surface area (Å²) >= 11 is 1.22. The second-order valence-corrected chi connectivity index (χ2v) is 6.25. The summed E-state index contributed by atoms with van der Waals surface area (Å²) in [6, 6.07) is 16.8. The van der Waals surface area contributed by atoms with Crippen LogP contribution in [0, 0.1) is 0 Å². The van der Waals surface area contributed by atoms with Crippen LogP contribution >= 0.6 is 11.8 Å². The van der Waals surface area contributed by atoms with Crippen molar-refractivity contribution in [1.82, 2.24) is 14.9 Å². The largest absolute Gasteiger partial charge is 0.492 e. The number of carbonyl (C=O) groups is 1. The molecule has 8 heteroatoms. The smallest absolute Gasteiger partial charge is 0.234 e. The van der Waals surface area contributed by atoms with Gasteiger partial charge in [0.2, 0.25) is 11.1 Å². The number of nitrogens with zero attached hydrogens (tertiary/aromatic N) is 3. The van der Waals surface area contributed by atoms with E-state index in [0.717, 1.165) is 5.56 Å². The zero-order chi connectivity index (χ0) is 18.4. The van der Waals surface area contributed by atoms with E-state index in [1.54, 1.807) is 6.07 Å². The molecule has 0 saturated carbocycles. The lowest BCUT2D eigenvalue weighted by molar-refractivity contribution is -0.113. The van der Waals surface area contributed by atoms with Crippen molar-refractivity contribution in [2.24, 2.45) is 0 Å². The molecule has 0 aliphatic carbocycles. The minimum atomic E-state index is -0.175. The van der Waals surface area contributed by atoms with Crippen molar-refractivity contribution in [3.05, 3.63) is 54.6 Å². The summed E-state index contributed by atoms with van der Waals surface area (Å²) in [5.41, 5.74) is 1.50. The Morgan fingerprint density at radius 1 is 1.15 bits per heavy atom. The molecule has 0 unspecified atom stereocenters. The fraction of sp³-hybridized carbons (Fsp3) is 0.167. The highest BCUT2D eigenvalue weighted by molar-refractivity contribution is 7.99. The molecule has 0 spiro atoms. The molecule has 0 aliphatic heterocycles. The number of amides is 1. The lowest BCUT2D eigenvalue weighted by Crippen LogP contribution is -2.17. The predicted octanol–water partition coefficient (Wildman–Crippen LogP) is 2.79. The van der Waals surface area contributed by atoms with Gasteiger partial charge in [-0.15, -0.1) is 10.2 Å². The highest BCUT2D eigenvalue weighted by atomic mass is 32.2. The molecular weight excluding hydrogens is 350 g/mol. The number of anilines is 1. The number of nitrogen functional groups attached to an aromatic ring is 1. The van der Waals surface area contributed by atoms with Gasteiger partial charge in [-0.25, -0.2) is 4.68 Å². The van der Waals surface area contributed by atoms with Crippen LogP contribution in [0.2, 0.25) is 0 Å². The third-order valence-electron chi connectivity index (χ3n) is 3.49. The maximum atomic E-state index is 12.2. The second kappa shape index (κ2) is 8.39. The fourth-order valence-corrected chi connectivity index (χ4v) is 2.98. The van der Waals surface area contributed by atoms with Gasteiger partial charge in [0.05, 0.1) is 18.0 Å². The summed E-state index contributed by atoms with van der Waals surface area (Å²) in [5, 5.41) is 11.5. The Kier molecular flexibility index (Phi) is 5.75. The molecule has 0 fully saturated rings. The Morgan fingerprint density at radius 3 is 2.65 bits per heavy atom. The summed E-state index contributed by atoms with van der Waals surface area (Å²) in [6.07, 6.45) is 0. The fourth-order valence-electron chi connectivity index (χ4n) is 2.33. The first-order valence-electron chi connectivity index (χ1n) is 8.09. The molecule has 0 bridgehead atoms. The van der Waals surface area contributed by atoms with Gasteiger partial charge in [0.15, 0.2) is 5.82 Å². The van der Waals surface area contributed by atoms with Crippen molar-refractivity contribution in [3.63, 3.8) is 0 Å². The zero-order valence-corrected chi connectivity index (χ0v) is 15.1. The minimum absolute atomic E-state index is 0.157. The van der Waals surface area contributed by atoms with Crippen LogP contribution in [0.3, 0.4) is 0 Å². The van der Waals surface area contributed by atoms with E-state index in [4.69, 9.17) is 10.6 Å². The number of para-hydroxylation sites is 2. The van der Waals surface area contributed by atoms with E-state index in [1.165, 1.54) is 16.4 Å². The Bertz CT molecular complexity index is 882. The van der Waals surface area contributed by atoms with Crippen molar-refractivity contribution in [2.45, 2.75) is 12.1 Å². The quantitative estimate of drug-likeness (QED) is 0.491. The van der Waals surface area contributed by atoms with Crippen molar-refractivity contribution in [1.29, 1.82) is 0 Å². The maximum Gasteiger partial charge on any atom is 0.234 e. The van der Waals surface area contributed by atoms with Crippen LogP contribution in [0.1, 0.15) is 6.92 Å². The third-order valence-corrected chi connectivity index (χ3v) is 4.43. The molecule has 134 valence electrons. The van der Waals surface area contributed by atoms with Gasteiger partial charge in [0.1, 0.15) is 5.75 Å². The van der Waals surface area contributed by atoms with E-state index in [1.807, 2.05) is 55.5 Å². The van der Waals surface area contributed by atoms with Gasteiger partial charge in [-0.2, -0.15) is 0 Å². The molecule has 0 radical (unpaired) electrons. The molecule has 1 heterocycles. The van der Waals surface area contributed by atoms with Gasteiger partial charge in [-0.1, -0.05) is 54.2 Å². The molecule has 1 aromatic heterocycles. The molecule has 3 aromatic rings. The highest BCUT2D eigenvalue weighted by Gasteiger charge is 2.14. The molecule has 0 atom stereocenters. The van der Waals surface area contributed by atoms with E-state index in [0.29, 0.717) is 29.0 Å². The van der Waals surface area contributed by atoms with Gasteiger partial charge >= 0.3 is 0 Å². The molecule has 2 aromatic carbocycles. The Morgan fingerprint density at radius 2 is 1.88 bits per heavy atom. The molecule has 0 saturated heterocycles. The van der Waals surface area contributed by atoms with Gasteiger partial charge < -0.3 is 15.9 Å². The normalized spacial score (nSPS) is 10.5. The average molecular weight is 369 g/mol. The van der Waals surface area contributed by atoms with E-state index in [9.17, 15) is 4.79 Å². The van der Waals surface area contributed by atoms with Gasteiger partial charge in [0, 0.05) is 5.56 Å². The first-order valence-corrected chi connectivity index (χ1v) is 9.08. The van der Waals surface area contributed by atoms with Crippen molar-refractivity contribution < 1.29 is 9.53 Å². The van der Waals surface area contributed by atoms with Gasteiger partial charge in [-0.05, 0) is 19.1 Å². The van der Waals surface area contributed by atoms with Crippen LogP contribution in [0.5, 0.6) is 5.75 Å². The minimum Gasteiger partial charge on any atom is -0.492 e. The summed E-state index contributed by atoms with van der Waals surface area (Å²) in [7, 11) is 0. The van der Waals surface area contributed by atoms with E-state index < -0.39 is 0 Å². The van der Waals surface area contributed by atoms with Crippen molar-refractivity contribution in [3.8, 4) is 17.1 Å². The molecule has 26 heavy (non-hydrogen) atoms. The number of thioether (sulfide) groups is 1. The molecule has 1 amide bonds. The summed E-state index contributed by atoms with van der Waals surface area (Å²) in [4.78, 5) is 12.2. The number of nitrogens with one attached hydrogen (secondary N) is 1. The molecule has 3 N–H and O–H groups in total. The van der Waals surface area contributed by atoms with E-state index in [2.05, 4.69) is 15.5 Å². The average Bonchev–Trinajstić information content (AvgIpc) is 3.03. The molecule has 3 rings (SSSR count). The standard InChI is InChI=1S/C18H19N5O2S/c1-2-25-15-11-7-6-10-14(15)20-16(24)12-26-18-22-21-17(23(18)19)13-8-4-3-5-9-13/h3-11H,2,12,19H2,1H3,(H,20,24). The first kappa shape index (κ1) is 17.8. The van der Waals surface area contributed by atoms with Crippen molar-refractivity contribution >= 4 is 23.4 Å². The third kappa shape index (κ3) is 4.15. The van der Waals surface area contributed by atoms with E-state index >= 15 is 0 Å². The number of ether oxygens (including phenoxy) is 1. The maximum absolute atomic E-state index is 12.2. The van der Waals surface area contributed by atoms with Crippen LogP contribution in [0.15, 0.2) is 59.8 Å². The second-order valence-electron chi connectivity index (χ2n) is 5.31. The van der Waals surface area contributed by atoms with E-state index in [-0.39, 0.29) is 11.7 Å². The van der Waals surface area contributed by atoms with Crippen LogP contribution in [-0.2, 0) is 4.79 Å². The number of benzene rings is 2. The Balaban J connectivity index is 1.63. The predicted molar refractivity (Wildman–Crippen MR) is 103 cm³/mol. The van der Waals surface area contributed by atoms with Crippen LogP contribution in [0.4, 0.5) is 5.69 Å². The lowest BCUT2D eigenvalue weighted by atomic mass is 10.2. The zero-order valence-electron chi connectivity index (χ0n) is 14.3. The van der Waals surface area contributed by atoms with Crippen LogP contribution in [-0.4, -0.2) is 33.1 Å². The number of aromatic nitrogens is 3. The molecular formula is C18H19N5O2S. The summed E-state index contributed by atoms with van der Waals surface area (Å²) < 4.78 is 6.89. The molecule has 0 aliphatic rings. The number of hydrogen-bond acceptors (Lipinski definition) is 6. The number of carbonyl (C=O) groups excluding carboxylic acids is 1. The van der Waals surface area contributed by atoms with Crippen molar-refractivity contribution in [2.75, 3.05) is 23.5 Å². The lowest BCUT2D eigenvalue weighted by Gasteiger charge is -2.11. The number of hydrogen-bond donors (Lipinski definition) is 2. The topological polar surface area (TPSA) is 95.1 Å². The Hall–Kier alpha value is -3.00. The number of nitrogens with two attached hydrogens (primary N) is 1. The Labute approximate surface area is 155 Å². The summed E-state index contributed by atoms with van der Waals surface area (Å²) in [5.74, 6) is 7.23. The summed E-state index contributed by atoms with van der Waals surface area (Å²) in [6.45, 7) is 2.42. The SMILES string of the molecule is CCOc1ccccc1NC(=O)CSc1nnc(-c2ccccc2)n1N. The van der Waals surface area contributed by atoms with Crippen LogP contribution in [0.25, 0.3) is 11.4 Å². The monoisotopic (exact) mass is 369 g/mol. The van der Waals surface area contributed by atoms with Gasteiger partial charge in [-0.3, -0.25) is 4.79 Å². The first-order chi connectivity index (χ1) is 12.7. The number of rotatable bonds is 7. The molecule has 7 nitrogen and oxygen atoms in total. The van der Waals surface area contributed by atoms with Crippen LogP contribution < -0.4 is 15.9 Å². The van der Waals surface area contributed by atoms with Gasteiger partial charge in [0.25, 0.3) is 0 Å². The highest BCUT2D eigenvalue weighted by Crippen LogP contribution is 2.25.